The molecule has 0 saturated heterocycles. The molecular weight excluding hydrogens is 122 g/mol. The lowest BCUT2D eigenvalue weighted by atomic mass is 10.1. The van der Waals surface area contributed by atoms with Gasteiger partial charge in [-0.25, -0.2) is 0 Å². The van der Waals surface area contributed by atoms with Crippen molar-refractivity contribution in [2.75, 3.05) is 6.54 Å². The number of rotatable bonds is 4. The summed E-state index contributed by atoms with van der Waals surface area (Å²) in [7, 11) is 0. The van der Waals surface area contributed by atoms with E-state index in [-0.39, 0.29) is 0 Å². The Hall–Kier alpha value is -0.0400. The predicted molar refractivity (Wildman–Crippen MR) is 45.0 cm³/mol. The molecular formula is C9H19N. The Morgan fingerprint density at radius 3 is 2.40 bits per heavy atom. The van der Waals surface area contributed by atoms with Gasteiger partial charge in [0.25, 0.3) is 0 Å². The summed E-state index contributed by atoms with van der Waals surface area (Å²) < 4.78 is 0. The van der Waals surface area contributed by atoms with Crippen LogP contribution in [0.4, 0.5) is 0 Å². The molecule has 3 atom stereocenters. The second-order valence-corrected chi connectivity index (χ2v) is 3.45. The van der Waals surface area contributed by atoms with Crippen LogP contribution in [0.15, 0.2) is 0 Å². The zero-order chi connectivity index (χ0) is 7.56. The van der Waals surface area contributed by atoms with Crippen molar-refractivity contribution in [3.63, 3.8) is 0 Å². The van der Waals surface area contributed by atoms with E-state index in [1.54, 1.807) is 0 Å². The molecule has 1 aliphatic rings. The van der Waals surface area contributed by atoms with Crippen LogP contribution < -0.4 is 5.32 Å². The number of nitrogens with one attached hydrogen (secondary N) is 1. The van der Waals surface area contributed by atoms with E-state index in [1.807, 2.05) is 0 Å². The molecule has 1 saturated carbocycles. The molecule has 0 bridgehead atoms. The van der Waals surface area contributed by atoms with Crippen LogP contribution in [0, 0.1) is 11.8 Å². The average molecular weight is 141 g/mol. The molecule has 1 nitrogen and oxygen atoms in total. The highest BCUT2D eigenvalue weighted by Gasteiger charge is 2.37. The maximum absolute atomic E-state index is 3.52. The molecule has 10 heavy (non-hydrogen) atoms. The SMILES string of the molecule is CCNC(CC)C1CC1C. The Balaban J connectivity index is 2.20. The first kappa shape index (κ1) is 8.06. The first-order valence-electron chi connectivity index (χ1n) is 4.53. The van der Waals surface area contributed by atoms with E-state index in [2.05, 4.69) is 26.1 Å². The topological polar surface area (TPSA) is 12.0 Å². The summed E-state index contributed by atoms with van der Waals surface area (Å²) in [4.78, 5) is 0. The minimum absolute atomic E-state index is 0.806. The third-order valence-corrected chi connectivity index (χ3v) is 2.59. The Labute approximate surface area is 64.2 Å². The Morgan fingerprint density at radius 1 is 1.50 bits per heavy atom. The maximum atomic E-state index is 3.52. The van der Waals surface area contributed by atoms with Crippen LogP contribution in [0.25, 0.3) is 0 Å². The van der Waals surface area contributed by atoms with Crippen LogP contribution in [0.2, 0.25) is 0 Å². The van der Waals surface area contributed by atoms with Gasteiger partial charge in [0, 0.05) is 6.04 Å². The molecule has 60 valence electrons. The molecule has 0 aromatic heterocycles. The van der Waals surface area contributed by atoms with E-state index in [1.165, 1.54) is 12.8 Å². The van der Waals surface area contributed by atoms with Gasteiger partial charge in [0.1, 0.15) is 0 Å². The van der Waals surface area contributed by atoms with Gasteiger partial charge in [-0.2, -0.15) is 0 Å². The van der Waals surface area contributed by atoms with Crippen LogP contribution in [-0.4, -0.2) is 12.6 Å². The highest BCUT2D eigenvalue weighted by molar-refractivity contribution is 4.91. The summed E-state index contributed by atoms with van der Waals surface area (Å²) in [6, 6.07) is 0.806. The standard InChI is InChI=1S/C9H19N/c1-4-9(10-5-2)8-6-7(8)3/h7-10H,4-6H2,1-3H3. The van der Waals surface area contributed by atoms with Gasteiger partial charge in [-0.15, -0.1) is 0 Å². The number of hydrogen-bond acceptors (Lipinski definition) is 1. The van der Waals surface area contributed by atoms with Crippen LogP contribution in [0.1, 0.15) is 33.6 Å². The third kappa shape index (κ3) is 1.72. The van der Waals surface area contributed by atoms with Crippen LogP contribution in [-0.2, 0) is 0 Å². The zero-order valence-corrected chi connectivity index (χ0v) is 7.35. The second-order valence-electron chi connectivity index (χ2n) is 3.45. The molecule has 1 aliphatic carbocycles. The lowest BCUT2D eigenvalue weighted by Gasteiger charge is -2.14. The Bertz CT molecular complexity index is 101. The Kier molecular flexibility index (Phi) is 2.72. The molecule has 0 radical (unpaired) electrons. The van der Waals surface area contributed by atoms with Gasteiger partial charge < -0.3 is 5.32 Å². The largest absolute Gasteiger partial charge is 0.314 e. The fraction of sp³-hybridized carbons (Fsp3) is 1.00. The van der Waals surface area contributed by atoms with Crippen LogP contribution in [0.3, 0.4) is 0 Å². The first-order valence-corrected chi connectivity index (χ1v) is 4.53. The van der Waals surface area contributed by atoms with Crippen molar-refractivity contribution in [1.29, 1.82) is 0 Å². The predicted octanol–water partition coefficient (Wildman–Crippen LogP) is 2.03. The van der Waals surface area contributed by atoms with Crippen molar-refractivity contribution in [3.8, 4) is 0 Å². The van der Waals surface area contributed by atoms with Crippen molar-refractivity contribution >= 4 is 0 Å². The average Bonchev–Trinajstić information content (AvgIpc) is 2.62. The van der Waals surface area contributed by atoms with Crippen LogP contribution >= 0.6 is 0 Å². The lowest BCUT2D eigenvalue weighted by molar-refractivity contribution is 0.445. The van der Waals surface area contributed by atoms with Crippen molar-refractivity contribution in [2.45, 2.75) is 39.7 Å². The highest BCUT2D eigenvalue weighted by Crippen LogP contribution is 2.41. The normalized spacial score (nSPS) is 33.9. The summed E-state index contributed by atoms with van der Waals surface area (Å²) in [5.74, 6) is 1.98. The molecule has 0 spiro atoms. The van der Waals surface area contributed by atoms with Gasteiger partial charge >= 0.3 is 0 Å². The Morgan fingerprint density at radius 2 is 2.10 bits per heavy atom. The summed E-state index contributed by atoms with van der Waals surface area (Å²) in [5, 5.41) is 3.52. The van der Waals surface area contributed by atoms with Crippen molar-refractivity contribution in [2.24, 2.45) is 11.8 Å². The van der Waals surface area contributed by atoms with Gasteiger partial charge in [-0.3, -0.25) is 0 Å². The quantitative estimate of drug-likeness (QED) is 0.631. The lowest BCUT2D eigenvalue weighted by Crippen LogP contribution is -2.30. The molecule has 0 heterocycles. The molecule has 0 aromatic rings. The molecule has 1 N–H and O–H groups in total. The van der Waals surface area contributed by atoms with Crippen molar-refractivity contribution < 1.29 is 0 Å². The molecule has 0 amide bonds. The fourth-order valence-electron chi connectivity index (χ4n) is 1.77. The van der Waals surface area contributed by atoms with Gasteiger partial charge in [0.05, 0.1) is 0 Å². The van der Waals surface area contributed by atoms with Crippen LogP contribution in [0.5, 0.6) is 0 Å². The monoisotopic (exact) mass is 141 g/mol. The zero-order valence-electron chi connectivity index (χ0n) is 7.35. The van der Waals surface area contributed by atoms with E-state index < -0.39 is 0 Å². The molecule has 1 fully saturated rings. The summed E-state index contributed by atoms with van der Waals surface area (Å²) in [6.45, 7) is 7.94. The van der Waals surface area contributed by atoms with Gasteiger partial charge in [-0.1, -0.05) is 20.8 Å². The minimum Gasteiger partial charge on any atom is -0.314 e. The molecule has 1 heteroatoms. The van der Waals surface area contributed by atoms with Gasteiger partial charge in [-0.05, 0) is 31.2 Å². The first-order chi connectivity index (χ1) is 4.79. The molecule has 3 unspecified atom stereocenters. The van der Waals surface area contributed by atoms with E-state index in [0.717, 1.165) is 24.4 Å². The molecule has 0 aliphatic heterocycles. The molecule has 0 aromatic carbocycles. The van der Waals surface area contributed by atoms with Gasteiger partial charge in [0.2, 0.25) is 0 Å². The van der Waals surface area contributed by atoms with E-state index >= 15 is 0 Å². The fourth-order valence-corrected chi connectivity index (χ4v) is 1.77. The minimum atomic E-state index is 0.806. The summed E-state index contributed by atoms with van der Waals surface area (Å²) in [6.07, 6.45) is 2.74. The van der Waals surface area contributed by atoms with E-state index in [0.29, 0.717) is 0 Å². The van der Waals surface area contributed by atoms with E-state index in [4.69, 9.17) is 0 Å². The third-order valence-electron chi connectivity index (χ3n) is 2.59. The van der Waals surface area contributed by atoms with Crippen molar-refractivity contribution in [1.82, 2.24) is 5.32 Å². The summed E-state index contributed by atoms with van der Waals surface area (Å²) >= 11 is 0. The summed E-state index contributed by atoms with van der Waals surface area (Å²) in [5.41, 5.74) is 0. The van der Waals surface area contributed by atoms with E-state index in [9.17, 15) is 0 Å². The number of hydrogen-bond donors (Lipinski definition) is 1. The highest BCUT2D eigenvalue weighted by atomic mass is 14.9. The molecule has 1 rings (SSSR count). The smallest absolute Gasteiger partial charge is 0.00952 e. The van der Waals surface area contributed by atoms with Crippen molar-refractivity contribution in [3.05, 3.63) is 0 Å². The van der Waals surface area contributed by atoms with Gasteiger partial charge in [0.15, 0.2) is 0 Å². The second kappa shape index (κ2) is 3.38. The maximum Gasteiger partial charge on any atom is 0.00952 e.